The molecule has 0 unspecified atom stereocenters. The van der Waals surface area contributed by atoms with Crippen molar-refractivity contribution in [1.29, 1.82) is 0 Å². The summed E-state index contributed by atoms with van der Waals surface area (Å²) in [5, 5.41) is 0. The van der Waals surface area contributed by atoms with Gasteiger partial charge in [-0.1, -0.05) is 12.2 Å². The van der Waals surface area contributed by atoms with E-state index in [2.05, 4.69) is 0 Å². The molecule has 0 aromatic heterocycles. The lowest BCUT2D eigenvalue weighted by atomic mass is 10.1. The lowest BCUT2D eigenvalue weighted by molar-refractivity contribution is 0.308. The first-order chi connectivity index (χ1) is 7.76. The third-order valence-electron chi connectivity index (χ3n) is 2.16. The van der Waals surface area contributed by atoms with Crippen molar-refractivity contribution >= 4 is 6.08 Å². The summed E-state index contributed by atoms with van der Waals surface area (Å²) in [6, 6.07) is 3.75. The van der Waals surface area contributed by atoms with Crippen LogP contribution in [0, 0.1) is 0 Å². The van der Waals surface area contributed by atoms with Crippen LogP contribution in [-0.2, 0) is 0 Å². The molecular formula is C13H18O3. The number of ether oxygens (including phenoxy) is 3. The molecule has 0 heterocycles. The van der Waals surface area contributed by atoms with Gasteiger partial charge in [0.1, 0.15) is 5.75 Å². The fourth-order valence-electron chi connectivity index (χ4n) is 1.47. The van der Waals surface area contributed by atoms with Crippen molar-refractivity contribution in [2.75, 3.05) is 20.8 Å². The Kier molecular flexibility index (Phi) is 4.70. The predicted molar refractivity (Wildman–Crippen MR) is 65.4 cm³/mol. The molecule has 3 heteroatoms. The van der Waals surface area contributed by atoms with E-state index in [1.807, 2.05) is 38.1 Å². The molecular weight excluding hydrogens is 204 g/mol. The molecule has 1 rings (SSSR count). The number of rotatable bonds is 5. The van der Waals surface area contributed by atoms with E-state index in [4.69, 9.17) is 14.2 Å². The fourth-order valence-corrected chi connectivity index (χ4v) is 1.47. The van der Waals surface area contributed by atoms with Gasteiger partial charge in [0.15, 0.2) is 11.5 Å². The van der Waals surface area contributed by atoms with E-state index in [0.29, 0.717) is 12.4 Å². The second-order valence-electron chi connectivity index (χ2n) is 3.18. The van der Waals surface area contributed by atoms with Gasteiger partial charge < -0.3 is 14.2 Å². The Morgan fingerprint density at radius 2 is 1.75 bits per heavy atom. The Bertz CT molecular complexity index is 370. The van der Waals surface area contributed by atoms with E-state index in [-0.39, 0.29) is 0 Å². The minimum Gasteiger partial charge on any atom is -0.496 e. The molecule has 0 radical (unpaired) electrons. The average Bonchev–Trinajstić information content (AvgIpc) is 2.30. The van der Waals surface area contributed by atoms with Crippen LogP contribution < -0.4 is 14.2 Å². The van der Waals surface area contributed by atoms with Crippen molar-refractivity contribution in [2.45, 2.75) is 13.8 Å². The first-order valence-electron chi connectivity index (χ1n) is 5.28. The predicted octanol–water partition coefficient (Wildman–Crippen LogP) is 3.14. The van der Waals surface area contributed by atoms with Gasteiger partial charge in [-0.25, -0.2) is 0 Å². The molecule has 1 aromatic carbocycles. The maximum atomic E-state index is 5.50. The standard InChI is InChI=1S/C13H18O3/c1-5-7-10-8-13(16-6-2)12(15-4)9-11(10)14-3/h5,7-9H,6H2,1-4H3/b7-5+. The zero-order valence-electron chi connectivity index (χ0n) is 10.2. The van der Waals surface area contributed by atoms with E-state index in [1.54, 1.807) is 14.2 Å². The second kappa shape index (κ2) is 6.05. The zero-order chi connectivity index (χ0) is 12.0. The fraction of sp³-hybridized carbons (Fsp3) is 0.385. The van der Waals surface area contributed by atoms with Crippen molar-refractivity contribution in [2.24, 2.45) is 0 Å². The topological polar surface area (TPSA) is 27.7 Å². The average molecular weight is 222 g/mol. The number of hydrogen-bond acceptors (Lipinski definition) is 3. The first-order valence-corrected chi connectivity index (χ1v) is 5.28. The molecule has 0 amide bonds. The highest BCUT2D eigenvalue weighted by molar-refractivity contribution is 5.63. The van der Waals surface area contributed by atoms with Gasteiger partial charge in [-0.3, -0.25) is 0 Å². The molecule has 16 heavy (non-hydrogen) atoms. The summed E-state index contributed by atoms with van der Waals surface area (Å²) in [4.78, 5) is 0. The van der Waals surface area contributed by atoms with Crippen LogP contribution >= 0.6 is 0 Å². The molecule has 0 saturated heterocycles. The molecule has 0 saturated carbocycles. The van der Waals surface area contributed by atoms with Crippen molar-refractivity contribution in [3.63, 3.8) is 0 Å². The van der Waals surface area contributed by atoms with Crippen molar-refractivity contribution in [3.8, 4) is 17.2 Å². The van der Waals surface area contributed by atoms with Crippen LogP contribution in [0.15, 0.2) is 18.2 Å². The Morgan fingerprint density at radius 3 is 2.25 bits per heavy atom. The lowest BCUT2D eigenvalue weighted by Gasteiger charge is -2.13. The van der Waals surface area contributed by atoms with Crippen molar-refractivity contribution in [1.82, 2.24) is 0 Å². The quantitative estimate of drug-likeness (QED) is 0.766. The SMILES string of the molecule is C/C=C/c1cc(OCC)c(OC)cc1OC. The first kappa shape index (κ1) is 12.4. The largest absolute Gasteiger partial charge is 0.496 e. The summed E-state index contributed by atoms with van der Waals surface area (Å²) in [6.07, 6.45) is 3.93. The Balaban J connectivity index is 3.22. The van der Waals surface area contributed by atoms with Gasteiger partial charge >= 0.3 is 0 Å². The smallest absolute Gasteiger partial charge is 0.164 e. The number of hydrogen-bond donors (Lipinski definition) is 0. The summed E-state index contributed by atoms with van der Waals surface area (Å²) in [5.41, 5.74) is 0.981. The van der Waals surface area contributed by atoms with Crippen LogP contribution in [0.4, 0.5) is 0 Å². The van der Waals surface area contributed by atoms with E-state index in [0.717, 1.165) is 17.1 Å². The molecule has 0 aliphatic heterocycles. The molecule has 0 bridgehead atoms. The lowest BCUT2D eigenvalue weighted by Crippen LogP contribution is -1.97. The van der Waals surface area contributed by atoms with Crippen LogP contribution in [0.5, 0.6) is 17.2 Å². The molecule has 0 atom stereocenters. The molecule has 88 valence electrons. The highest BCUT2D eigenvalue weighted by Gasteiger charge is 2.09. The van der Waals surface area contributed by atoms with Crippen LogP contribution in [0.3, 0.4) is 0 Å². The van der Waals surface area contributed by atoms with Crippen LogP contribution in [0.2, 0.25) is 0 Å². The van der Waals surface area contributed by atoms with E-state index >= 15 is 0 Å². The normalized spacial score (nSPS) is 10.5. The van der Waals surface area contributed by atoms with Crippen LogP contribution in [0.1, 0.15) is 19.4 Å². The van der Waals surface area contributed by atoms with Gasteiger partial charge in [-0.05, 0) is 19.9 Å². The summed E-state index contributed by atoms with van der Waals surface area (Å²) in [7, 11) is 3.26. The minimum atomic E-state index is 0.609. The third kappa shape index (κ3) is 2.69. The molecule has 0 fully saturated rings. The monoisotopic (exact) mass is 222 g/mol. The third-order valence-corrected chi connectivity index (χ3v) is 2.16. The zero-order valence-corrected chi connectivity index (χ0v) is 10.2. The molecule has 1 aromatic rings. The highest BCUT2D eigenvalue weighted by atomic mass is 16.5. The van der Waals surface area contributed by atoms with Gasteiger partial charge in [0.05, 0.1) is 20.8 Å². The molecule has 0 N–H and O–H groups in total. The molecule has 0 spiro atoms. The van der Waals surface area contributed by atoms with Crippen molar-refractivity contribution in [3.05, 3.63) is 23.8 Å². The van der Waals surface area contributed by atoms with Gasteiger partial charge in [0, 0.05) is 11.6 Å². The van der Waals surface area contributed by atoms with Gasteiger partial charge in [0.2, 0.25) is 0 Å². The Labute approximate surface area is 96.6 Å². The maximum Gasteiger partial charge on any atom is 0.164 e. The van der Waals surface area contributed by atoms with E-state index in [1.165, 1.54) is 0 Å². The highest BCUT2D eigenvalue weighted by Crippen LogP contribution is 2.35. The van der Waals surface area contributed by atoms with E-state index in [9.17, 15) is 0 Å². The minimum absolute atomic E-state index is 0.609. The summed E-state index contributed by atoms with van der Waals surface area (Å²) >= 11 is 0. The second-order valence-corrected chi connectivity index (χ2v) is 3.18. The van der Waals surface area contributed by atoms with Crippen LogP contribution in [-0.4, -0.2) is 20.8 Å². The summed E-state index contributed by atoms with van der Waals surface area (Å²) in [5.74, 6) is 2.20. The number of methoxy groups -OCH3 is 2. The van der Waals surface area contributed by atoms with E-state index < -0.39 is 0 Å². The Morgan fingerprint density at radius 1 is 1.06 bits per heavy atom. The summed E-state index contributed by atoms with van der Waals surface area (Å²) < 4.78 is 16.0. The summed E-state index contributed by atoms with van der Waals surface area (Å²) in [6.45, 7) is 4.51. The number of allylic oxidation sites excluding steroid dienone is 1. The van der Waals surface area contributed by atoms with Gasteiger partial charge in [-0.15, -0.1) is 0 Å². The number of benzene rings is 1. The van der Waals surface area contributed by atoms with Gasteiger partial charge in [0.25, 0.3) is 0 Å². The van der Waals surface area contributed by atoms with Gasteiger partial charge in [-0.2, -0.15) is 0 Å². The Hall–Kier alpha value is -1.64. The maximum absolute atomic E-state index is 5.50. The molecule has 0 aliphatic rings. The molecule has 0 aliphatic carbocycles. The molecule has 3 nitrogen and oxygen atoms in total. The van der Waals surface area contributed by atoms with Crippen molar-refractivity contribution < 1.29 is 14.2 Å². The van der Waals surface area contributed by atoms with Crippen LogP contribution in [0.25, 0.3) is 6.08 Å².